The molecule has 98 valence electrons. The average molecular weight is 259 g/mol. The van der Waals surface area contributed by atoms with Gasteiger partial charge in [0.2, 0.25) is 0 Å². The number of aromatic carboxylic acids is 1. The Morgan fingerprint density at radius 3 is 2.58 bits per heavy atom. The summed E-state index contributed by atoms with van der Waals surface area (Å²) in [6.07, 6.45) is 1.54. The van der Waals surface area contributed by atoms with E-state index in [1.807, 2.05) is 0 Å². The van der Waals surface area contributed by atoms with Crippen molar-refractivity contribution in [1.29, 1.82) is 0 Å². The molecule has 0 fully saturated rings. The van der Waals surface area contributed by atoms with E-state index < -0.39 is 11.5 Å². The minimum absolute atomic E-state index is 0.228. The van der Waals surface area contributed by atoms with Crippen LogP contribution >= 0.6 is 0 Å². The molecule has 0 bridgehead atoms. The van der Waals surface area contributed by atoms with E-state index in [1.165, 1.54) is 11.7 Å². The van der Waals surface area contributed by atoms with E-state index in [9.17, 15) is 9.59 Å². The Balaban J connectivity index is 2.74. The number of pyridine rings is 1. The topological polar surface area (TPSA) is 68.5 Å². The van der Waals surface area contributed by atoms with Gasteiger partial charge in [-0.05, 0) is 30.7 Å². The van der Waals surface area contributed by atoms with Gasteiger partial charge in [-0.2, -0.15) is 0 Å². The number of hydrogen-bond acceptors (Lipinski definition) is 3. The quantitative estimate of drug-likeness (QED) is 0.913. The van der Waals surface area contributed by atoms with Crippen molar-refractivity contribution in [1.82, 2.24) is 4.57 Å². The molecule has 1 aromatic heterocycles. The van der Waals surface area contributed by atoms with Gasteiger partial charge in [0, 0.05) is 6.20 Å². The van der Waals surface area contributed by atoms with Crippen LogP contribution in [0.5, 0.6) is 5.75 Å². The number of rotatable bonds is 3. The lowest BCUT2D eigenvalue weighted by molar-refractivity contribution is 0.0693. The van der Waals surface area contributed by atoms with Crippen molar-refractivity contribution in [2.75, 3.05) is 7.11 Å². The molecular weight excluding hydrogens is 246 g/mol. The van der Waals surface area contributed by atoms with Crippen LogP contribution in [0.2, 0.25) is 0 Å². The Morgan fingerprint density at radius 2 is 1.95 bits per heavy atom. The number of carboxylic acids is 1. The Hall–Kier alpha value is -2.56. The van der Waals surface area contributed by atoms with Gasteiger partial charge in [-0.3, -0.25) is 9.36 Å². The number of hydrogen-bond donors (Lipinski definition) is 1. The number of carbonyl (C=O) groups is 1. The maximum atomic E-state index is 12.2. The van der Waals surface area contributed by atoms with E-state index in [4.69, 9.17) is 9.84 Å². The number of aromatic nitrogens is 1. The van der Waals surface area contributed by atoms with Gasteiger partial charge in [0.05, 0.1) is 12.8 Å². The van der Waals surface area contributed by atoms with Crippen molar-refractivity contribution in [2.24, 2.45) is 0 Å². The first-order chi connectivity index (χ1) is 9.06. The highest BCUT2D eigenvalue weighted by Gasteiger charge is 2.16. The zero-order valence-electron chi connectivity index (χ0n) is 10.6. The average Bonchev–Trinajstić information content (AvgIpc) is 2.38. The molecule has 0 spiro atoms. The predicted molar refractivity (Wildman–Crippen MR) is 70.3 cm³/mol. The highest BCUT2D eigenvalue weighted by Crippen LogP contribution is 2.20. The third-order valence-electron chi connectivity index (χ3n) is 2.86. The lowest BCUT2D eigenvalue weighted by atomic mass is 10.1. The molecule has 0 amide bonds. The molecular formula is C14H13NO4. The van der Waals surface area contributed by atoms with Crippen LogP contribution in [-0.4, -0.2) is 22.8 Å². The number of methoxy groups -OCH3 is 1. The highest BCUT2D eigenvalue weighted by molar-refractivity contribution is 5.88. The predicted octanol–water partition coefficient (Wildman–Crippen LogP) is 1.85. The van der Waals surface area contributed by atoms with Crippen LogP contribution in [0.25, 0.3) is 5.69 Å². The van der Waals surface area contributed by atoms with E-state index in [-0.39, 0.29) is 5.56 Å². The van der Waals surface area contributed by atoms with Gasteiger partial charge in [-0.15, -0.1) is 0 Å². The third kappa shape index (κ3) is 2.22. The van der Waals surface area contributed by atoms with Gasteiger partial charge in [-0.1, -0.05) is 12.1 Å². The van der Waals surface area contributed by atoms with Crippen molar-refractivity contribution in [2.45, 2.75) is 6.92 Å². The molecule has 2 rings (SSSR count). The Kier molecular flexibility index (Phi) is 3.37. The molecule has 0 radical (unpaired) electrons. The van der Waals surface area contributed by atoms with Gasteiger partial charge >= 0.3 is 5.97 Å². The molecule has 0 saturated heterocycles. The highest BCUT2D eigenvalue weighted by atomic mass is 16.5. The lowest BCUT2D eigenvalue weighted by Crippen LogP contribution is -2.26. The summed E-state index contributed by atoms with van der Waals surface area (Å²) in [6.45, 7) is 1.59. The molecule has 0 aliphatic carbocycles. The molecule has 5 heteroatoms. The fraction of sp³-hybridized carbons (Fsp3) is 0.143. The number of aryl methyl sites for hydroxylation is 1. The summed E-state index contributed by atoms with van der Waals surface area (Å²) in [4.78, 5) is 23.4. The third-order valence-corrected chi connectivity index (χ3v) is 2.86. The van der Waals surface area contributed by atoms with Crippen molar-refractivity contribution < 1.29 is 14.6 Å². The molecule has 19 heavy (non-hydrogen) atoms. The van der Waals surface area contributed by atoms with E-state index in [1.54, 1.807) is 43.5 Å². The molecule has 0 saturated carbocycles. The van der Waals surface area contributed by atoms with Crippen molar-refractivity contribution in [3.05, 3.63) is 58.0 Å². The number of benzene rings is 1. The SMILES string of the molecule is COc1ccccc1-n1ccc(C)c(C(=O)O)c1=O. The summed E-state index contributed by atoms with van der Waals surface area (Å²) in [7, 11) is 1.50. The number of ether oxygens (including phenoxy) is 1. The van der Waals surface area contributed by atoms with E-state index in [0.29, 0.717) is 17.0 Å². The normalized spacial score (nSPS) is 10.2. The van der Waals surface area contributed by atoms with Crippen molar-refractivity contribution in [3.63, 3.8) is 0 Å². The zero-order valence-corrected chi connectivity index (χ0v) is 10.6. The van der Waals surface area contributed by atoms with Gasteiger partial charge in [0.1, 0.15) is 11.3 Å². The maximum Gasteiger partial charge on any atom is 0.341 e. The largest absolute Gasteiger partial charge is 0.495 e. The van der Waals surface area contributed by atoms with Crippen LogP contribution in [0.1, 0.15) is 15.9 Å². The molecule has 1 aromatic carbocycles. The first-order valence-corrected chi connectivity index (χ1v) is 5.65. The summed E-state index contributed by atoms with van der Waals surface area (Å²) < 4.78 is 6.45. The van der Waals surface area contributed by atoms with Crippen LogP contribution in [0, 0.1) is 6.92 Å². The second-order valence-corrected chi connectivity index (χ2v) is 4.03. The monoisotopic (exact) mass is 259 g/mol. The summed E-state index contributed by atoms with van der Waals surface area (Å²) >= 11 is 0. The first kappa shape index (κ1) is 12.9. The Bertz CT molecular complexity index is 688. The van der Waals surface area contributed by atoms with Gasteiger partial charge in [0.25, 0.3) is 5.56 Å². The number of nitrogens with zero attached hydrogens (tertiary/aromatic N) is 1. The summed E-state index contributed by atoms with van der Waals surface area (Å²) in [5, 5.41) is 9.10. The molecule has 1 heterocycles. The second kappa shape index (κ2) is 4.97. The maximum absolute atomic E-state index is 12.2. The molecule has 2 aromatic rings. The Morgan fingerprint density at radius 1 is 1.26 bits per heavy atom. The number of carboxylic acid groups (broad SMARTS) is 1. The van der Waals surface area contributed by atoms with E-state index >= 15 is 0 Å². The first-order valence-electron chi connectivity index (χ1n) is 5.65. The molecule has 0 aliphatic heterocycles. The summed E-state index contributed by atoms with van der Waals surface area (Å²) in [5.41, 5.74) is 0.145. The standard InChI is InChI=1S/C14H13NO4/c1-9-7-8-15(13(16)12(9)14(17)18)10-5-3-4-6-11(10)19-2/h3-8H,1-2H3,(H,17,18). The van der Waals surface area contributed by atoms with Gasteiger partial charge < -0.3 is 9.84 Å². The minimum atomic E-state index is -1.23. The van der Waals surface area contributed by atoms with Crippen molar-refractivity contribution >= 4 is 5.97 Å². The van der Waals surface area contributed by atoms with Crippen LogP contribution in [-0.2, 0) is 0 Å². The van der Waals surface area contributed by atoms with Crippen LogP contribution in [0.4, 0.5) is 0 Å². The lowest BCUT2D eigenvalue weighted by Gasteiger charge is -2.12. The summed E-state index contributed by atoms with van der Waals surface area (Å²) in [6, 6.07) is 8.53. The summed E-state index contributed by atoms with van der Waals surface area (Å²) in [5.74, 6) is -0.725. The fourth-order valence-corrected chi connectivity index (χ4v) is 1.91. The van der Waals surface area contributed by atoms with Crippen molar-refractivity contribution in [3.8, 4) is 11.4 Å². The van der Waals surface area contributed by atoms with Crippen LogP contribution in [0.3, 0.4) is 0 Å². The van der Waals surface area contributed by atoms with Gasteiger partial charge in [-0.25, -0.2) is 4.79 Å². The smallest absolute Gasteiger partial charge is 0.341 e. The fourth-order valence-electron chi connectivity index (χ4n) is 1.91. The van der Waals surface area contributed by atoms with Gasteiger partial charge in [0.15, 0.2) is 0 Å². The minimum Gasteiger partial charge on any atom is -0.495 e. The second-order valence-electron chi connectivity index (χ2n) is 4.03. The zero-order chi connectivity index (χ0) is 14.0. The van der Waals surface area contributed by atoms with E-state index in [2.05, 4.69) is 0 Å². The number of para-hydroxylation sites is 2. The molecule has 1 N–H and O–H groups in total. The van der Waals surface area contributed by atoms with Crippen LogP contribution < -0.4 is 10.3 Å². The molecule has 0 aliphatic rings. The Labute approximate surface area is 109 Å². The molecule has 5 nitrogen and oxygen atoms in total. The molecule has 0 unspecified atom stereocenters. The molecule has 0 atom stereocenters. The van der Waals surface area contributed by atoms with Crippen LogP contribution in [0.15, 0.2) is 41.3 Å². The van der Waals surface area contributed by atoms with E-state index in [0.717, 1.165) is 0 Å².